The molecule has 0 atom stereocenters. The van der Waals surface area contributed by atoms with Crippen LogP contribution in [0.1, 0.15) is 30.6 Å². The lowest BCUT2D eigenvalue weighted by Gasteiger charge is -2.09. The predicted molar refractivity (Wildman–Crippen MR) is 65.0 cm³/mol. The van der Waals surface area contributed by atoms with Crippen LogP contribution < -0.4 is 4.74 Å². The summed E-state index contributed by atoms with van der Waals surface area (Å²) in [4.78, 5) is 20.7. The topological polar surface area (TPSA) is 89.7 Å². The van der Waals surface area contributed by atoms with E-state index < -0.39 is 28.0 Å². The Kier molecular flexibility index (Phi) is 4.80. The van der Waals surface area contributed by atoms with Crippen LogP contribution in [0, 0.1) is 21.8 Å². The fourth-order valence-electron chi connectivity index (χ4n) is 1.37. The first kappa shape index (κ1) is 14.9. The average Bonchev–Trinajstić information content (AvgIpc) is 2.27. The highest BCUT2D eigenvalue weighted by molar-refractivity contribution is 5.89. The highest BCUT2D eigenvalue weighted by atomic mass is 19.1. The Balaban J connectivity index is 3.06. The third-order valence-electron chi connectivity index (χ3n) is 2.43. The van der Waals surface area contributed by atoms with Gasteiger partial charge in [-0.1, -0.05) is 13.8 Å². The number of benzene rings is 1. The van der Waals surface area contributed by atoms with Crippen molar-refractivity contribution in [3.05, 3.63) is 33.6 Å². The highest BCUT2D eigenvalue weighted by Crippen LogP contribution is 2.30. The maximum atomic E-state index is 13.4. The van der Waals surface area contributed by atoms with Crippen molar-refractivity contribution < 1.29 is 24.0 Å². The van der Waals surface area contributed by atoms with Gasteiger partial charge in [0, 0.05) is 12.1 Å². The summed E-state index contributed by atoms with van der Waals surface area (Å²) in [5.41, 5.74) is -1.30. The fraction of sp³-hybridized carbons (Fsp3) is 0.417. The number of nitro groups is 1. The van der Waals surface area contributed by atoms with E-state index in [9.17, 15) is 19.3 Å². The van der Waals surface area contributed by atoms with Gasteiger partial charge in [-0.3, -0.25) is 10.1 Å². The lowest BCUT2D eigenvalue weighted by molar-refractivity contribution is -0.386. The Bertz CT molecular complexity index is 501. The van der Waals surface area contributed by atoms with E-state index in [0.717, 1.165) is 6.07 Å². The number of aromatic carboxylic acids is 1. The van der Waals surface area contributed by atoms with Gasteiger partial charge in [0.1, 0.15) is 11.4 Å². The normalized spacial score (nSPS) is 10.5. The molecule has 0 aliphatic carbocycles. The summed E-state index contributed by atoms with van der Waals surface area (Å²) in [6.07, 6.45) is 0.652. The van der Waals surface area contributed by atoms with Crippen LogP contribution in [0.15, 0.2) is 12.1 Å². The zero-order valence-corrected chi connectivity index (χ0v) is 10.6. The van der Waals surface area contributed by atoms with Crippen molar-refractivity contribution in [1.82, 2.24) is 0 Å². The molecule has 0 saturated heterocycles. The van der Waals surface area contributed by atoms with E-state index in [1.807, 2.05) is 13.8 Å². The fourth-order valence-corrected chi connectivity index (χ4v) is 1.37. The van der Waals surface area contributed by atoms with Crippen LogP contribution >= 0.6 is 0 Å². The van der Waals surface area contributed by atoms with E-state index >= 15 is 0 Å². The summed E-state index contributed by atoms with van der Waals surface area (Å²) < 4.78 is 18.6. The van der Waals surface area contributed by atoms with Crippen LogP contribution in [0.25, 0.3) is 0 Å². The van der Waals surface area contributed by atoms with Gasteiger partial charge in [0.15, 0.2) is 5.75 Å². The first-order valence-corrected chi connectivity index (χ1v) is 5.67. The minimum Gasteiger partial charge on any atom is -0.487 e. The highest BCUT2D eigenvalue weighted by Gasteiger charge is 2.23. The van der Waals surface area contributed by atoms with E-state index in [2.05, 4.69) is 0 Å². The van der Waals surface area contributed by atoms with Crippen molar-refractivity contribution in [3.63, 3.8) is 0 Å². The maximum absolute atomic E-state index is 13.4. The molecule has 7 heteroatoms. The molecule has 0 spiro atoms. The molecule has 1 N–H and O–H groups in total. The molecule has 0 amide bonds. The van der Waals surface area contributed by atoms with E-state index in [1.54, 1.807) is 0 Å². The third kappa shape index (κ3) is 3.90. The molecule has 0 fully saturated rings. The Morgan fingerprint density at radius 2 is 2.16 bits per heavy atom. The molecule has 104 valence electrons. The SMILES string of the molecule is CC(C)CCOc1cc(F)c(C(=O)O)cc1[N+](=O)[O-]. The maximum Gasteiger partial charge on any atom is 0.338 e. The van der Waals surface area contributed by atoms with Crippen LogP contribution in [-0.2, 0) is 0 Å². The number of nitro benzene ring substituents is 1. The van der Waals surface area contributed by atoms with Gasteiger partial charge in [0.2, 0.25) is 0 Å². The van der Waals surface area contributed by atoms with Crippen LogP contribution in [-0.4, -0.2) is 22.6 Å². The standard InChI is InChI=1S/C12H14FNO5/c1-7(2)3-4-19-11-6-9(13)8(12(15)16)5-10(11)14(17)18/h5-7H,3-4H2,1-2H3,(H,15,16). The lowest BCUT2D eigenvalue weighted by atomic mass is 10.1. The third-order valence-corrected chi connectivity index (χ3v) is 2.43. The van der Waals surface area contributed by atoms with Crippen molar-refractivity contribution in [2.24, 2.45) is 5.92 Å². The number of carbonyl (C=O) groups is 1. The van der Waals surface area contributed by atoms with Crippen molar-refractivity contribution in [1.29, 1.82) is 0 Å². The number of ether oxygens (including phenoxy) is 1. The minimum absolute atomic E-state index is 0.199. The number of halogens is 1. The van der Waals surface area contributed by atoms with E-state index in [4.69, 9.17) is 9.84 Å². The summed E-state index contributed by atoms with van der Waals surface area (Å²) in [6.45, 7) is 4.10. The molecule has 19 heavy (non-hydrogen) atoms. The molecule has 6 nitrogen and oxygen atoms in total. The average molecular weight is 271 g/mol. The Labute approximate surface area is 109 Å². The first-order valence-electron chi connectivity index (χ1n) is 5.67. The summed E-state index contributed by atoms with van der Waals surface area (Å²) >= 11 is 0. The van der Waals surface area contributed by atoms with Crippen LogP contribution in [0.5, 0.6) is 5.75 Å². The number of rotatable bonds is 6. The van der Waals surface area contributed by atoms with Crippen molar-refractivity contribution in [2.45, 2.75) is 20.3 Å². The summed E-state index contributed by atoms with van der Waals surface area (Å²) in [7, 11) is 0. The zero-order chi connectivity index (χ0) is 14.6. The van der Waals surface area contributed by atoms with E-state index in [-0.39, 0.29) is 12.4 Å². The van der Waals surface area contributed by atoms with Gasteiger partial charge in [-0.2, -0.15) is 0 Å². The Hall–Kier alpha value is -2.18. The zero-order valence-electron chi connectivity index (χ0n) is 10.6. The molecule has 1 aromatic carbocycles. The largest absolute Gasteiger partial charge is 0.487 e. The van der Waals surface area contributed by atoms with Crippen molar-refractivity contribution in [2.75, 3.05) is 6.61 Å². The van der Waals surface area contributed by atoms with Crippen LogP contribution in [0.4, 0.5) is 10.1 Å². The quantitative estimate of drug-likeness (QED) is 0.634. The molecule has 0 unspecified atom stereocenters. The molecule has 0 aromatic heterocycles. The monoisotopic (exact) mass is 271 g/mol. The van der Waals surface area contributed by atoms with E-state index in [1.165, 1.54) is 0 Å². The van der Waals surface area contributed by atoms with Crippen molar-refractivity contribution in [3.8, 4) is 5.75 Å². The number of carboxylic acid groups (broad SMARTS) is 1. The second-order valence-corrected chi connectivity index (χ2v) is 4.39. The second-order valence-electron chi connectivity index (χ2n) is 4.39. The number of hydrogen-bond acceptors (Lipinski definition) is 4. The number of carboxylic acids is 1. The minimum atomic E-state index is -1.56. The summed E-state index contributed by atoms with van der Waals surface area (Å²) in [6, 6.07) is 1.41. The van der Waals surface area contributed by atoms with Gasteiger partial charge in [0.25, 0.3) is 0 Å². The first-order chi connectivity index (χ1) is 8.82. The molecule has 0 radical (unpaired) electrons. The molecular formula is C12H14FNO5. The molecule has 0 aliphatic rings. The number of nitrogens with zero attached hydrogens (tertiary/aromatic N) is 1. The number of hydrogen-bond donors (Lipinski definition) is 1. The smallest absolute Gasteiger partial charge is 0.338 e. The molecule has 1 aromatic rings. The molecule has 1 rings (SSSR count). The molecular weight excluding hydrogens is 257 g/mol. The van der Waals surface area contributed by atoms with E-state index in [0.29, 0.717) is 18.4 Å². The predicted octanol–water partition coefficient (Wildman–Crippen LogP) is 2.86. The molecule has 0 aliphatic heterocycles. The van der Waals surface area contributed by atoms with Crippen LogP contribution in [0.3, 0.4) is 0 Å². The van der Waals surface area contributed by atoms with Gasteiger partial charge in [-0.25, -0.2) is 9.18 Å². The summed E-state index contributed by atoms with van der Waals surface area (Å²) in [5, 5.41) is 19.5. The van der Waals surface area contributed by atoms with Gasteiger partial charge in [-0.15, -0.1) is 0 Å². The van der Waals surface area contributed by atoms with Gasteiger partial charge in [-0.05, 0) is 12.3 Å². The Morgan fingerprint density at radius 1 is 1.53 bits per heavy atom. The van der Waals surface area contributed by atoms with Crippen molar-refractivity contribution >= 4 is 11.7 Å². The lowest BCUT2D eigenvalue weighted by Crippen LogP contribution is -2.07. The second kappa shape index (κ2) is 6.12. The molecule has 0 bridgehead atoms. The van der Waals surface area contributed by atoms with Crippen LogP contribution in [0.2, 0.25) is 0 Å². The molecule has 0 heterocycles. The van der Waals surface area contributed by atoms with Gasteiger partial charge >= 0.3 is 11.7 Å². The van der Waals surface area contributed by atoms with Gasteiger partial charge in [0.05, 0.1) is 11.5 Å². The van der Waals surface area contributed by atoms with Gasteiger partial charge < -0.3 is 9.84 Å². The molecule has 0 saturated carbocycles. The Morgan fingerprint density at radius 3 is 2.63 bits per heavy atom. The summed E-state index contributed by atoms with van der Waals surface area (Å²) in [5.74, 6) is -2.54.